The molecule has 4 rings (SSSR count). The molecule has 2 aromatic carbocycles. The molecule has 0 aliphatic rings. The number of aryl methyl sites for hydroxylation is 2. The molecule has 0 fully saturated rings. The number of nitrogens with one attached hydrogen (secondary N) is 1. The number of hydrogen-bond donors (Lipinski definition) is 2. The van der Waals surface area contributed by atoms with Gasteiger partial charge in [-0.3, -0.25) is 0 Å². The first kappa shape index (κ1) is 28.5. The highest BCUT2D eigenvalue weighted by Crippen LogP contribution is 2.21. The van der Waals surface area contributed by atoms with E-state index in [1.165, 1.54) is 22.0 Å². The number of hydrogen-bond acceptors (Lipinski definition) is 1. The number of nitrogen functional groups attached to an aromatic ring is 1. The molecule has 162 valence electrons. The first-order valence-corrected chi connectivity index (χ1v) is 11.0. The van der Waals surface area contributed by atoms with Crippen LogP contribution < -0.4 is 5.73 Å². The third-order valence-corrected chi connectivity index (χ3v) is 3.74. The van der Waals surface area contributed by atoms with Gasteiger partial charge in [-0.2, -0.15) is 0 Å². The van der Waals surface area contributed by atoms with Crippen molar-refractivity contribution in [2.75, 3.05) is 5.73 Å². The Bertz CT molecular complexity index is 849. The average Bonchev–Trinajstić information content (AvgIpc) is 3.40. The van der Waals surface area contributed by atoms with Gasteiger partial charge in [0.05, 0.1) is 5.69 Å². The molecule has 3 heteroatoms. The maximum atomic E-state index is 5.76. The number of para-hydroxylation sites is 1. The van der Waals surface area contributed by atoms with Crippen molar-refractivity contribution in [1.82, 2.24) is 9.55 Å². The van der Waals surface area contributed by atoms with Crippen molar-refractivity contribution in [3.05, 3.63) is 66.5 Å². The fourth-order valence-electron chi connectivity index (χ4n) is 2.62. The topological polar surface area (TPSA) is 46.7 Å². The van der Waals surface area contributed by atoms with Crippen LogP contribution in [0.1, 0.15) is 61.0 Å². The van der Waals surface area contributed by atoms with Crippen molar-refractivity contribution in [2.24, 2.45) is 7.05 Å². The van der Waals surface area contributed by atoms with Gasteiger partial charge in [-0.05, 0) is 30.7 Å². The number of anilines is 1. The summed E-state index contributed by atoms with van der Waals surface area (Å²) in [6.45, 7) is 18.1. The van der Waals surface area contributed by atoms with Crippen molar-refractivity contribution >= 4 is 27.5 Å². The smallest absolute Gasteiger partial charge is 0.0573 e. The van der Waals surface area contributed by atoms with Crippen LogP contribution >= 0.6 is 0 Å². The van der Waals surface area contributed by atoms with Gasteiger partial charge in [0.25, 0.3) is 0 Å². The Balaban J connectivity index is 0. The van der Waals surface area contributed by atoms with Gasteiger partial charge in [-0.25, -0.2) is 0 Å². The molecule has 0 atom stereocenters. The second-order valence-corrected chi connectivity index (χ2v) is 5.23. The number of H-pyrrole nitrogens is 1. The van der Waals surface area contributed by atoms with Gasteiger partial charge in [0.1, 0.15) is 0 Å². The number of rotatable bonds is 0. The van der Waals surface area contributed by atoms with Crippen LogP contribution in [0.2, 0.25) is 0 Å². The lowest BCUT2D eigenvalue weighted by atomic mass is 10.1. The highest BCUT2D eigenvalue weighted by Gasteiger charge is 1.99. The standard InChI is InChI=1S/C9H10N2.C9H9N.4C2H6/c1-11-6-8(10)7-4-2-3-5-9(7)11;1-7-3-2-4-9-8(7)5-6-10-9;4*1-2/h2-6H,10H2,1H3;2-6,10H,1H3;4*1-2H3. The Morgan fingerprint density at radius 2 is 1.31 bits per heavy atom. The average molecular weight is 398 g/mol. The van der Waals surface area contributed by atoms with Crippen LogP contribution in [-0.2, 0) is 7.05 Å². The van der Waals surface area contributed by atoms with Gasteiger partial charge < -0.3 is 15.3 Å². The highest BCUT2D eigenvalue weighted by molar-refractivity contribution is 5.91. The fourth-order valence-corrected chi connectivity index (χ4v) is 2.62. The quantitative estimate of drug-likeness (QED) is 0.308. The summed E-state index contributed by atoms with van der Waals surface area (Å²) in [5.41, 5.74) is 10.3. The summed E-state index contributed by atoms with van der Waals surface area (Å²) >= 11 is 0. The fraction of sp³-hybridized carbons (Fsp3) is 0.385. The van der Waals surface area contributed by atoms with Crippen molar-refractivity contribution < 1.29 is 0 Å². The zero-order chi connectivity index (χ0) is 22.8. The van der Waals surface area contributed by atoms with E-state index in [0.29, 0.717) is 0 Å². The van der Waals surface area contributed by atoms with Crippen molar-refractivity contribution in [3.8, 4) is 0 Å². The van der Waals surface area contributed by atoms with E-state index in [-0.39, 0.29) is 0 Å². The van der Waals surface area contributed by atoms with Crippen LogP contribution in [0.3, 0.4) is 0 Å². The first-order chi connectivity index (χ1) is 14.2. The first-order valence-electron chi connectivity index (χ1n) is 11.0. The molecular formula is C26H43N3. The lowest BCUT2D eigenvalue weighted by molar-refractivity contribution is 0.970. The van der Waals surface area contributed by atoms with Gasteiger partial charge >= 0.3 is 0 Å². The predicted molar refractivity (Wildman–Crippen MR) is 136 cm³/mol. The molecule has 0 aliphatic heterocycles. The van der Waals surface area contributed by atoms with Gasteiger partial charge in [0.15, 0.2) is 0 Å². The number of nitrogens with two attached hydrogens (primary N) is 1. The summed E-state index contributed by atoms with van der Waals surface area (Å²) in [5.74, 6) is 0. The number of aromatic amines is 1. The molecule has 0 spiro atoms. The third kappa shape index (κ3) is 8.47. The number of fused-ring (bicyclic) bond motifs is 2. The molecule has 0 aliphatic carbocycles. The van der Waals surface area contributed by atoms with Crippen LogP contribution in [0.25, 0.3) is 21.8 Å². The maximum absolute atomic E-state index is 5.76. The van der Waals surface area contributed by atoms with Gasteiger partial charge in [-0.1, -0.05) is 85.7 Å². The van der Waals surface area contributed by atoms with Crippen LogP contribution in [0.5, 0.6) is 0 Å². The number of benzene rings is 2. The minimum Gasteiger partial charge on any atom is -0.397 e. The van der Waals surface area contributed by atoms with Crippen LogP contribution in [-0.4, -0.2) is 9.55 Å². The summed E-state index contributed by atoms with van der Waals surface area (Å²) in [6, 6.07) is 16.5. The van der Waals surface area contributed by atoms with Crippen LogP contribution in [0.4, 0.5) is 5.69 Å². The Morgan fingerprint density at radius 3 is 1.86 bits per heavy atom. The summed E-state index contributed by atoms with van der Waals surface area (Å²) in [5, 5.41) is 2.46. The van der Waals surface area contributed by atoms with Gasteiger partial charge in [0.2, 0.25) is 0 Å². The molecule has 0 saturated heterocycles. The van der Waals surface area contributed by atoms with Crippen molar-refractivity contribution in [1.29, 1.82) is 0 Å². The van der Waals surface area contributed by atoms with Gasteiger partial charge in [0, 0.05) is 41.2 Å². The van der Waals surface area contributed by atoms with Gasteiger partial charge in [-0.15, -0.1) is 0 Å². The van der Waals surface area contributed by atoms with Crippen LogP contribution in [0.15, 0.2) is 60.9 Å². The summed E-state index contributed by atoms with van der Waals surface area (Å²) in [4.78, 5) is 3.16. The van der Waals surface area contributed by atoms with Crippen molar-refractivity contribution in [2.45, 2.75) is 62.3 Å². The molecule has 3 N–H and O–H groups in total. The van der Waals surface area contributed by atoms with E-state index in [9.17, 15) is 0 Å². The molecule has 0 unspecified atom stereocenters. The lowest BCUT2D eigenvalue weighted by Crippen LogP contribution is -1.82. The van der Waals surface area contributed by atoms with E-state index in [0.717, 1.165) is 11.1 Å². The monoisotopic (exact) mass is 397 g/mol. The molecule has 2 aromatic heterocycles. The summed E-state index contributed by atoms with van der Waals surface area (Å²) in [6.07, 6.45) is 3.91. The van der Waals surface area contributed by atoms with E-state index in [2.05, 4.69) is 42.2 Å². The predicted octanol–water partition coefficient (Wildman–Crippen LogP) is 8.34. The molecule has 29 heavy (non-hydrogen) atoms. The zero-order valence-corrected chi connectivity index (χ0v) is 20.3. The number of aromatic nitrogens is 2. The molecule has 0 radical (unpaired) electrons. The Morgan fingerprint density at radius 1 is 0.724 bits per heavy atom. The molecule has 2 heterocycles. The van der Waals surface area contributed by atoms with Crippen molar-refractivity contribution in [3.63, 3.8) is 0 Å². The SMILES string of the molecule is CC.CC.CC.CC.Cc1cccc2[nH]ccc12.Cn1cc(N)c2ccccc21. The number of nitrogens with zero attached hydrogens (tertiary/aromatic N) is 1. The Kier molecular flexibility index (Phi) is 17.1. The second-order valence-electron chi connectivity index (χ2n) is 5.23. The normalized spacial score (nSPS) is 8.48. The molecule has 3 nitrogen and oxygen atoms in total. The van der Waals surface area contributed by atoms with E-state index in [1.807, 2.05) is 97.6 Å². The van der Waals surface area contributed by atoms with E-state index in [4.69, 9.17) is 5.73 Å². The second kappa shape index (κ2) is 17.4. The van der Waals surface area contributed by atoms with E-state index in [1.54, 1.807) is 0 Å². The minimum atomic E-state index is 0.850. The highest BCUT2D eigenvalue weighted by atomic mass is 14.9. The summed E-state index contributed by atoms with van der Waals surface area (Å²) < 4.78 is 2.03. The Hall–Kier alpha value is -2.68. The molecule has 4 aromatic rings. The molecule has 0 bridgehead atoms. The third-order valence-electron chi connectivity index (χ3n) is 3.74. The molecule has 0 saturated carbocycles. The molecule has 0 amide bonds. The zero-order valence-electron chi connectivity index (χ0n) is 20.3. The molecular weight excluding hydrogens is 354 g/mol. The van der Waals surface area contributed by atoms with E-state index >= 15 is 0 Å². The lowest BCUT2D eigenvalue weighted by Gasteiger charge is -1.92. The summed E-state index contributed by atoms with van der Waals surface area (Å²) in [7, 11) is 2.00. The Labute approximate surface area is 178 Å². The van der Waals surface area contributed by atoms with E-state index < -0.39 is 0 Å². The largest absolute Gasteiger partial charge is 0.397 e. The van der Waals surface area contributed by atoms with Crippen LogP contribution in [0, 0.1) is 6.92 Å². The maximum Gasteiger partial charge on any atom is 0.0573 e. The minimum absolute atomic E-state index is 0.850.